The predicted octanol–water partition coefficient (Wildman–Crippen LogP) is 3.25. The first-order chi connectivity index (χ1) is 9.74. The summed E-state index contributed by atoms with van der Waals surface area (Å²) in [6.45, 7) is 5.84. The Bertz CT molecular complexity index is 495. The summed E-state index contributed by atoms with van der Waals surface area (Å²) in [6, 6.07) is 7.51. The smallest absolute Gasteiger partial charge is 0.410 e. The molecule has 1 saturated heterocycles. The summed E-state index contributed by atoms with van der Waals surface area (Å²) in [7, 11) is 0. The third kappa shape index (κ3) is 4.61. The summed E-state index contributed by atoms with van der Waals surface area (Å²) in [5, 5.41) is 10.6. The zero-order chi connectivity index (χ0) is 15.6. The number of amides is 1. The topological polar surface area (TPSA) is 49.8 Å². The van der Waals surface area contributed by atoms with Crippen LogP contribution >= 0.6 is 11.6 Å². The Morgan fingerprint density at radius 3 is 2.57 bits per heavy atom. The van der Waals surface area contributed by atoms with Gasteiger partial charge in [0.25, 0.3) is 0 Å². The van der Waals surface area contributed by atoms with E-state index in [1.54, 1.807) is 4.90 Å². The fraction of sp³-hybridized carbons (Fsp3) is 0.562. The molecule has 1 unspecified atom stereocenters. The van der Waals surface area contributed by atoms with Crippen molar-refractivity contribution in [3.8, 4) is 0 Å². The van der Waals surface area contributed by atoms with E-state index in [0.29, 0.717) is 24.4 Å². The highest BCUT2D eigenvalue weighted by Gasteiger charge is 2.36. The van der Waals surface area contributed by atoms with Crippen molar-refractivity contribution in [1.29, 1.82) is 0 Å². The monoisotopic (exact) mass is 311 g/mol. The molecule has 0 radical (unpaired) electrons. The number of benzene rings is 1. The van der Waals surface area contributed by atoms with Gasteiger partial charge in [-0.25, -0.2) is 4.79 Å². The Kier molecular flexibility index (Phi) is 4.79. The van der Waals surface area contributed by atoms with Crippen LogP contribution in [-0.4, -0.2) is 40.4 Å². The van der Waals surface area contributed by atoms with E-state index in [1.165, 1.54) is 0 Å². The van der Waals surface area contributed by atoms with Crippen molar-refractivity contribution in [2.24, 2.45) is 0 Å². The van der Waals surface area contributed by atoms with E-state index in [2.05, 4.69) is 0 Å². The first-order valence-corrected chi connectivity index (χ1v) is 7.54. The van der Waals surface area contributed by atoms with Crippen LogP contribution in [0, 0.1) is 0 Å². The molecule has 1 aromatic carbocycles. The van der Waals surface area contributed by atoms with Crippen molar-refractivity contribution in [1.82, 2.24) is 4.90 Å². The summed E-state index contributed by atoms with van der Waals surface area (Å²) in [6.07, 6.45) is 0.405. The van der Waals surface area contributed by atoms with Crippen LogP contribution in [0.3, 0.4) is 0 Å². The zero-order valence-electron chi connectivity index (χ0n) is 12.7. The van der Waals surface area contributed by atoms with E-state index < -0.39 is 11.7 Å². The third-order valence-electron chi connectivity index (χ3n) is 3.40. The lowest BCUT2D eigenvalue weighted by atomic mass is 10.0. The first-order valence-electron chi connectivity index (χ1n) is 7.17. The quantitative estimate of drug-likeness (QED) is 0.912. The second kappa shape index (κ2) is 6.24. The second-order valence-electron chi connectivity index (χ2n) is 6.51. The van der Waals surface area contributed by atoms with Crippen molar-refractivity contribution >= 4 is 17.7 Å². The summed E-state index contributed by atoms with van der Waals surface area (Å²) in [4.78, 5) is 13.9. The average molecular weight is 312 g/mol. The van der Waals surface area contributed by atoms with Gasteiger partial charge in [-0.1, -0.05) is 23.7 Å². The van der Waals surface area contributed by atoms with Gasteiger partial charge in [0.05, 0.1) is 12.6 Å². The van der Waals surface area contributed by atoms with E-state index in [9.17, 15) is 9.90 Å². The second-order valence-corrected chi connectivity index (χ2v) is 6.94. The van der Waals surface area contributed by atoms with E-state index in [1.807, 2.05) is 45.0 Å². The predicted molar refractivity (Wildman–Crippen MR) is 82.5 cm³/mol. The number of hydrogen-bond acceptors (Lipinski definition) is 3. The number of rotatable bonds is 2. The number of nitrogens with zero attached hydrogens (tertiary/aromatic N) is 1. The van der Waals surface area contributed by atoms with Gasteiger partial charge in [-0.05, 0) is 51.3 Å². The standard InChI is InChI=1S/C16H22ClNO3/c1-16(2,3)21-15(20)18-10-14(19)9-13(18)8-11-4-6-12(17)7-5-11/h4-7,13-14,19H,8-10H2,1-3H3/t13-,14?/m0/s1. The Labute approximate surface area is 130 Å². The van der Waals surface area contributed by atoms with Gasteiger partial charge in [0.15, 0.2) is 0 Å². The van der Waals surface area contributed by atoms with Gasteiger partial charge in [0.1, 0.15) is 5.60 Å². The van der Waals surface area contributed by atoms with Gasteiger partial charge in [-0.2, -0.15) is 0 Å². The SMILES string of the molecule is CC(C)(C)OC(=O)N1CC(O)C[C@@H]1Cc1ccc(Cl)cc1. The minimum absolute atomic E-state index is 0.0453. The number of carbonyl (C=O) groups excluding carboxylic acids is 1. The Balaban J connectivity index is 2.06. The van der Waals surface area contributed by atoms with Crippen LogP contribution in [0.2, 0.25) is 5.02 Å². The van der Waals surface area contributed by atoms with E-state index in [4.69, 9.17) is 16.3 Å². The molecule has 1 aliphatic heterocycles. The molecule has 1 heterocycles. The van der Waals surface area contributed by atoms with Gasteiger partial charge in [-0.15, -0.1) is 0 Å². The highest BCUT2D eigenvalue weighted by atomic mass is 35.5. The van der Waals surface area contributed by atoms with Crippen LogP contribution in [0.5, 0.6) is 0 Å². The molecule has 21 heavy (non-hydrogen) atoms. The lowest BCUT2D eigenvalue weighted by Gasteiger charge is -2.28. The van der Waals surface area contributed by atoms with Crippen molar-refractivity contribution in [3.63, 3.8) is 0 Å². The van der Waals surface area contributed by atoms with Crippen molar-refractivity contribution in [2.45, 2.75) is 51.4 Å². The minimum atomic E-state index is -0.532. The molecule has 1 amide bonds. The van der Waals surface area contributed by atoms with Crippen molar-refractivity contribution in [2.75, 3.05) is 6.54 Å². The molecule has 5 heteroatoms. The molecule has 116 valence electrons. The van der Waals surface area contributed by atoms with Gasteiger partial charge in [0.2, 0.25) is 0 Å². The van der Waals surface area contributed by atoms with Crippen LogP contribution in [0.4, 0.5) is 4.79 Å². The molecule has 1 aromatic rings. The lowest BCUT2D eigenvalue weighted by molar-refractivity contribution is 0.0208. The van der Waals surface area contributed by atoms with Crippen LogP contribution in [-0.2, 0) is 11.2 Å². The van der Waals surface area contributed by atoms with Crippen molar-refractivity contribution in [3.05, 3.63) is 34.9 Å². The maximum atomic E-state index is 12.2. The highest BCUT2D eigenvalue weighted by molar-refractivity contribution is 6.30. The summed E-state index contributed by atoms with van der Waals surface area (Å²) < 4.78 is 5.41. The van der Waals surface area contributed by atoms with E-state index >= 15 is 0 Å². The molecule has 4 nitrogen and oxygen atoms in total. The number of aliphatic hydroxyl groups excluding tert-OH is 1. The zero-order valence-corrected chi connectivity index (χ0v) is 13.4. The van der Waals surface area contributed by atoms with Crippen LogP contribution in [0.25, 0.3) is 0 Å². The van der Waals surface area contributed by atoms with Crippen LogP contribution < -0.4 is 0 Å². The van der Waals surface area contributed by atoms with Crippen molar-refractivity contribution < 1.29 is 14.6 Å². The molecule has 2 rings (SSSR count). The maximum absolute atomic E-state index is 12.2. The number of β-amino-alcohol motifs (C(OH)–C–C–N with tert-alkyl or cyclic N) is 1. The van der Waals surface area contributed by atoms with Crippen LogP contribution in [0.15, 0.2) is 24.3 Å². The average Bonchev–Trinajstić information content (AvgIpc) is 2.71. The summed E-state index contributed by atoms with van der Waals surface area (Å²) in [5.41, 5.74) is 0.558. The molecular formula is C16H22ClNO3. The minimum Gasteiger partial charge on any atom is -0.444 e. The number of halogens is 1. The fourth-order valence-electron chi connectivity index (χ4n) is 2.52. The maximum Gasteiger partial charge on any atom is 0.410 e. The molecule has 0 spiro atoms. The first kappa shape index (κ1) is 16.1. The Hall–Kier alpha value is -1.26. The highest BCUT2D eigenvalue weighted by Crippen LogP contribution is 2.24. The van der Waals surface area contributed by atoms with E-state index in [-0.39, 0.29) is 12.1 Å². The lowest BCUT2D eigenvalue weighted by Crippen LogP contribution is -2.41. The molecular weight excluding hydrogens is 290 g/mol. The molecule has 1 fully saturated rings. The van der Waals surface area contributed by atoms with Gasteiger partial charge in [-0.3, -0.25) is 0 Å². The molecule has 0 saturated carbocycles. The number of carbonyl (C=O) groups is 1. The molecule has 2 atom stereocenters. The molecule has 1 N–H and O–H groups in total. The third-order valence-corrected chi connectivity index (χ3v) is 3.66. The number of ether oxygens (including phenoxy) is 1. The van der Waals surface area contributed by atoms with Gasteiger partial charge in [0, 0.05) is 11.1 Å². The Morgan fingerprint density at radius 2 is 2.00 bits per heavy atom. The van der Waals surface area contributed by atoms with Gasteiger partial charge < -0.3 is 14.7 Å². The summed E-state index contributed by atoms with van der Waals surface area (Å²) >= 11 is 5.88. The number of hydrogen-bond donors (Lipinski definition) is 1. The van der Waals surface area contributed by atoms with Crippen LogP contribution in [0.1, 0.15) is 32.8 Å². The number of likely N-dealkylation sites (tertiary alicyclic amines) is 1. The normalized spacial score (nSPS) is 22.4. The fourth-order valence-corrected chi connectivity index (χ4v) is 2.65. The van der Waals surface area contributed by atoms with E-state index in [0.717, 1.165) is 5.56 Å². The van der Waals surface area contributed by atoms with Gasteiger partial charge >= 0.3 is 6.09 Å². The molecule has 0 aliphatic carbocycles. The summed E-state index contributed by atoms with van der Waals surface area (Å²) in [5.74, 6) is 0. The molecule has 0 aromatic heterocycles. The Morgan fingerprint density at radius 1 is 1.38 bits per heavy atom. The number of aliphatic hydroxyl groups is 1. The molecule has 1 aliphatic rings. The molecule has 0 bridgehead atoms. The largest absolute Gasteiger partial charge is 0.444 e.